The van der Waals surface area contributed by atoms with E-state index in [2.05, 4.69) is 18.4 Å². The minimum atomic E-state index is -0.556. The Hall–Kier alpha value is -2.31. The van der Waals surface area contributed by atoms with Crippen LogP contribution in [0.5, 0.6) is 0 Å². The van der Waals surface area contributed by atoms with Gasteiger partial charge in [-0.05, 0) is 36.1 Å². The van der Waals surface area contributed by atoms with Crippen LogP contribution in [0.25, 0.3) is 0 Å². The Kier molecular flexibility index (Phi) is 10.6. The maximum absolute atomic E-state index is 13.5. The van der Waals surface area contributed by atoms with Crippen molar-refractivity contribution in [3.8, 4) is 0 Å². The van der Waals surface area contributed by atoms with Crippen LogP contribution >= 0.6 is 11.6 Å². The second-order valence-corrected chi connectivity index (χ2v) is 10.6. The fraction of sp³-hybridized carbons (Fsp3) is 0.556. The molecule has 34 heavy (non-hydrogen) atoms. The first-order chi connectivity index (χ1) is 16.0. The molecule has 0 saturated carbocycles. The molecule has 0 aliphatic rings. The van der Waals surface area contributed by atoms with Crippen molar-refractivity contribution < 1.29 is 14.3 Å². The number of aromatic nitrogens is 1. The van der Waals surface area contributed by atoms with E-state index in [4.69, 9.17) is 16.3 Å². The van der Waals surface area contributed by atoms with E-state index in [0.29, 0.717) is 45.1 Å². The van der Waals surface area contributed by atoms with Crippen LogP contribution < -0.4 is 0 Å². The molecular formula is C27H40ClN3O3. The molecule has 7 heteroatoms. The number of carbonyl (C=O) groups is 2. The molecule has 6 nitrogen and oxygen atoms in total. The number of amides is 2. The molecule has 0 bridgehead atoms. The zero-order valence-corrected chi connectivity index (χ0v) is 22.3. The molecular weight excluding hydrogens is 450 g/mol. The second-order valence-electron chi connectivity index (χ2n) is 10.2. The Bertz CT molecular complexity index is 933. The molecule has 188 valence electrons. The van der Waals surface area contributed by atoms with Crippen LogP contribution in [0.2, 0.25) is 5.02 Å². The lowest BCUT2D eigenvalue weighted by atomic mass is 9.94. The lowest BCUT2D eigenvalue weighted by Crippen LogP contribution is -2.47. The van der Waals surface area contributed by atoms with Gasteiger partial charge in [-0.2, -0.15) is 0 Å². The van der Waals surface area contributed by atoms with Crippen molar-refractivity contribution in [1.29, 1.82) is 0 Å². The Balaban J connectivity index is 2.20. The highest BCUT2D eigenvalue weighted by Gasteiger charge is 2.30. The molecule has 0 radical (unpaired) electrons. The quantitative estimate of drug-likeness (QED) is 0.390. The molecule has 2 aromatic rings. The zero-order valence-electron chi connectivity index (χ0n) is 21.5. The molecule has 0 saturated heterocycles. The molecule has 0 aliphatic heterocycles. The molecule has 2 amide bonds. The summed E-state index contributed by atoms with van der Waals surface area (Å²) in [5, 5.41) is 0.727. The molecule has 0 unspecified atom stereocenters. The van der Waals surface area contributed by atoms with Crippen LogP contribution in [-0.2, 0) is 27.4 Å². The Morgan fingerprint density at radius 1 is 1.09 bits per heavy atom. The number of hydrogen-bond acceptors (Lipinski definition) is 3. The average molecular weight is 490 g/mol. The molecule has 0 atom stereocenters. The van der Waals surface area contributed by atoms with Gasteiger partial charge in [0.2, 0.25) is 11.8 Å². The minimum Gasteiger partial charge on any atom is -0.385 e. The van der Waals surface area contributed by atoms with Crippen molar-refractivity contribution in [3.63, 3.8) is 0 Å². The number of ether oxygens (including phenoxy) is 1. The summed E-state index contributed by atoms with van der Waals surface area (Å²) < 4.78 is 7.28. The van der Waals surface area contributed by atoms with Gasteiger partial charge >= 0.3 is 0 Å². The van der Waals surface area contributed by atoms with Gasteiger partial charge in [-0.25, -0.2) is 0 Å². The van der Waals surface area contributed by atoms with E-state index in [9.17, 15) is 9.59 Å². The van der Waals surface area contributed by atoms with Gasteiger partial charge in [-0.3, -0.25) is 9.59 Å². The third-order valence-electron chi connectivity index (χ3n) is 5.54. The van der Waals surface area contributed by atoms with E-state index in [0.717, 1.165) is 16.3 Å². The van der Waals surface area contributed by atoms with Crippen LogP contribution in [0.15, 0.2) is 42.6 Å². The molecule has 2 rings (SSSR count). The molecule has 0 N–H and O–H groups in total. The van der Waals surface area contributed by atoms with Crippen molar-refractivity contribution in [2.45, 2.75) is 54.1 Å². The van der Waals surface area contributed by atoms with E-state index < -0.39 is 5.41 Å². The van der Waals surface area contributed by atoms with Crippen LogP contribution in [0.4, 0.5) is 0 Å². The van der Waals surface area contributed by atoms with Gasteiger partial charge in [0.15, 0.2) is 0 Å². The first kappa shape index (κ1) is 27.9. The second kappa shape index (κ2) is 13.0. The van der Waals surface area contributed by atoms with Crippen LogP contribution in [0, 0.1) is 11.3 Å². The predicted octanol–water partition coefficient (Wildman–Crippen LogP) is 5.09. The summed E-state index contributed by atoms with van der Waals surface area (Å²) >= 11 is 6.37. The standard InChI is InChI=1S/C27H40ClN3O3/c1-21(2)17-31(25(32)20-30(15-10-16-34-6)26(33)27(3,4)5)19-23-12-9-14-29(23)18-22-11-7-8-13-24(22)28/h7-9,11-14,21H,10,15-20H2,1-6H3. The highest BCUT2D eigenvalue weighted by Crippen LogP contribution is 2.20. The molecule has 0 fully saturated rings. The maximum atomic E-state index is 13.5. The number of carbonyl (C=O) groups excluding carboxylic acids is 2. The van der Waals surface area contributed by atoms with Crippen molar-refractivity contribution in [1.82, 2.24) is 14.4 Å². The molecule has 1 heterocycles. The van der Waals surface area contributed by atoms with E-state index >= 15 is 0 Å². The summed E-state index contributed by atoms with van der Waals surface area (Å²) in [6.45, 7) is 12.7. The SMILES string of the molecule is COCCCN(CC(=O)N(Cc1cccn1Cc1ccccc1Cl)CC(C)C)C(=O)C(C)(C)C. The largest absolute Gasteiger partial charge is 0.385 e. The third kappa shape index (κ3) is 8.48. The summed E-state index contributed by atoms with van der Waals surface area (Å²) in [7, 11) is 1.64. The topological polar surface area (TPSA) is 54.8 Å². The summed E-state index contributed by atoms with van der Waals surface area (Å²) in [5.74, 6) is 0.231. The van der Waals surface area contributed by atoms with Gasteiger partial charge in [0.1, 0.15) is 0 Å². The van der Waals surface area contributed by atoms with E-state index in [1.807, 2.05) is 68.3 Å². The van der Waals surface area contributed by atoms with Crippen molar-refractivity contribution in [2.75, 3.05) is 33.4 Å². The molecule has 1 aromatic heterocycles. The Morgan fingerprint density at radius 2 is 1.79 bits per heavy atom. The highest BCUT2D eigenvalue weighted by atomic mass is 35.5. The zero-order chi connectivity index (χ0) is 25.3. The van der Waals surface area contributed by atoms with Gasteiger partial charge in [0, 0.05) is 55.7 Å². The van der Waals surface area contributed by atoms with Gasteiger partial charge in [-0.15, -0.1) is 0 Å². The van der Waals surface area contributed by atoms with Crippen molar-refractivity contribution in [2.24, 2.45) is 11.3 Å². The van der Waals surface area contributed by atoms with Gasteiger partial charge in [0.05, 0.1) is 13.1 Å². The monoisotopic (exact) mass is 489 g/mol. The minimum absolute atomic E-state index is 0.0245. The molecule has 0 aliphatic carbocycles. The number of nitrogens with zero attached hydrogens (tertiary/aromatic N) is 3. The van der Waals surface area contributed by atoms with Gasteiger partial charge < -0.3 is 19.1 Å². The third-order valence-corrected chi connectivity index (χ3v) is 5.91. The fourth-order valence-corrected chi connectivity index (χ4v) is 4.03. The van der Waals surface area contributed by atoms with E-state index in [1.165, 1.54) is 0 Å². The van der Waals surface area contributed by atoms with E-state index in [-0.39, 0.29) is 18.4 Å². The first-order valence-electron chi connectivity index (χ1n) is 12.0. The lowest BCUT2D eigenvalue weighted by Gasteiger charge is -2.32. The number of rotatable bonds is 12. The summed E-state index contributed by atoms with van der Waals surface area (Å²) in [4.78, 5) is 30.1. The van der Waals surface area contributed by atoms with E-state index in [1.54, 1.807) is 12.0 Å². The smallest absolute Gasteiger partial charge is 0.242 e. The normalized spacial score (nSPS) is 11.6. The summed E-state index contributed by atoms with van der Waals surface area (Å²) in [5.41, 5.74) is 1.50. The van der Waals surface area contributed by atoms with Gasteiger partial charge in [0.25, 0.3) is 0 Å². The van der Waals surface area contributed by atoms with Crippen LogP contribution in [0.3, 0.4) is 0 Å². The first-order valence-corrected chi connectivity index (χ1v) is 12.3. The van der Waals surface area contributed by atoms with Crippen molar-refractivity contribution in [3.05, 3.63) is 58.9 Å². The van der Waals surface area contributed by atoms with Crippen LogP contribution in [0.1, 0.15) is 52.3 Å². The summed E-state index contributed by atoms with van der Waals surface area (Å²) in [6, 6.07) is 11.8. The van der Waals surface area contributed by atoms with Crippen molar-refractivity contribution >= 4 is 23.4 Å². The lowest BCUT2D eigenvalue weighted by molar-refractivity contribution is -0.146. The number of halogens is 1. The average Bonchev–Trinajstić information content (AvgIpc) is 3.19. The fourth-order valence-electron chi connectivity index (χ4n) is 3.84. The maximum Gasteiger partial charge on any atom is 0.242 e. The molecule has 1 aromatic carbocycles. The Morgan fingerprint density at radius 3 is 2.41 bits per heavy atom. The Labute approximate surface area is 209 Å². The predicted molar refractivity (Wildman–Crippen MR) is 138 cm³/mol. The molecule has 0 spiro atoms. The van der Waals surface area contributed by atoms with Gasteiger partial charge in [-0.1, -0.05) is 64.4 Å². The number of benzene rings is 1. The summed E-state index contributed by atoms with van der Waals surface area (Å²) in [6.07, 6.45) is 2.70. The number of methoxy groups -OCH3 is 1. The number of hydrogen-bond donors (Lipinski definition) is 0. The van der Waals surface area contributed by atoms with Crippen LogP contribution in [-0.4, -0.2) is 59.5 Å². The highest BCUT2D eigenvalue weighted by molar-refractivity contribution is 6.31.